The highest BCUT2D eigenvalue weighted by Gasteiger charge is 2.49. The minimum Gasteiger partial charge on any atom is -0.382 e. The topological polar surface area (TPSA) is 237 Å². The van der Waals surface area contributed by atoms with E-state index in [1.54, 1.807) is 24.3 Å². The zero-order valence-corrected chi connectivity index (χ0v) is 50.5. The summed E-state index contributed by atoms with van der Waals surface area (Å²) in [5.74, 6) is -3.03. The molecule has 3 saturated heterocycles. The number of carbonyl (C=O) groups is 6. The number of allylic oxidation sites excluding steroid dienone is 1. The lowest BCUT2D eigenvalue weighted by Gasteiger charge is -2.41. The molecule has 20 nitrogen and oxygen atoms in total. The van der Waals surface area contributed by atoms with Crippen molar-refractivity contribution in [2.24, 2.45) is 5.41 Å². The van der Waals surface area contributed by atoms with Gasteiger partial charge >= 0.3 is 5.51 Å². The minimum atomic E-state index is -5.73. The molecule has 87 heavy (non-hydrogen) atoms. The van der Waals surface area contributed by atoms with Crippen molar-refractivity contribution in [2.75, 3.05) is 121 Å². The second-order valence-electron chi connectivity index (χ2n) is 22.9. The van der Waals surface area contributed by atoms with Gasteiger partial charge in [-0.05, 0) is 121 Å². The van der Waals surface area contributed by atoms with Crippen molar-refractivity contribution in [3.8, 4) is 0 Å². The quantitative estimate of drug-likeness (QED) is 0.0317. The first kappa shape index (κ1) is 64.5. The molecule has 0 radical (unpaired) electrons. The summed E-state index contributed by atoms with van der Waals surface area (Å²) in [6.07, 6.45) is 3.66. The average Bonchev–Trinajstić information content (AvgIpc) is 1.79. The number of piperidine rings is 1. The normalized spacial score (nSPS) is 20.1. The Morgan fingerprint density at radius 3 is 2.30 bits per heavy atom. The van der Waals surface area contributed by atoms with E-state index in [0.717, 1.165) is 87.3 Å². The third-order valence-corrected chi connectivity index (χ3v) is 18.5. The van der Waals surface area contributed by atoms with E-state index in [2.05, 4.69) is 60.3 Å². The Hall–Kier alpha value is -6.93. The van der Waals surface area contributed by atoms with E-state index in [1.807, 2.05) is 31.2 Å². The Morgan fingerprint density at radius 1 is 0.851 bits per heavy atom. The number of nitrogens with zero attached hydrogens (tertiary/aromatic N) is 4. The van der Waals surface area contributed by atoms with E-state index in [-0.39, 0.29) is 85.6 Å². The summed E-state index contributed by atoms with van der Waals surface area (Å²) in [6, 6.07) is 22.3. The minimum absolute atomic E-state index is 0.0267. The van der Waals surface area contributed by atoms with E-state index in [1.165, 1.54) is 29.3 Å². The van der Waals surface area contributed by atoms with Crippen LogP contribution in [0.4, 0.5) is 30.2 Å². The van der Waals surface area contributed by atoms with Crippen LogP contribution in [0.25, 0.3) is 5.57 Å². The molecule has 2 unspecified atom stereocenters. The van der Waals surface area contributed by atoms with Gasteiger partial charge in [0, 0.05) is 106 Å². The number of anilines is 3. The Kier molecular flexibility index (Phi) is 21.5. The fourth-order valence-electron chi connectivity index (χ4n) is 11.7. The molecule has 0 bridgehead atoms. The number of imide groups is 2. The van der Waals surface area contributed by atoms with Crippen molar-refractivity contribution >= 4 is 79.5 Å². The summed E-state index contributed by atoms with van der Waals surface area (Å²) in [5, 5.41) is 14.9. The van der Waals surface area contributed by atoms with E-state index in [4.69, 9.17) is 25.8 Å². The number of ether oxygens (including phenoxy) is 3. The van der Waals surface area contributed by atoms with E-state index in [0.29, 0.717) is 62.0 Å². The predicted octanol–water partition coefficient (Wildman–Crippen LogP) is 6.91. The molecule has 3 fully saturated rings. The third kappa shape index (κ3) is 16.2. The van der Waals surface area contributed by atoms with Gasteiger partial charge < -0.3 is 40.4 Å². The molecule has 5 N–H and O–H groups in total. The molecule has 468 valence electrons. The number of fused-ring (bicyclic) bond motifs is 1. The third-order valence-electron chi connectivity index (χ3n) is 16.7. The highest BCUT2D eigenvalue weighted by Crippen LogP contribution is 2.43. The molecule has 5 aliphatic rings. The zero-order valence-electron chi connectivity index (χ0n) is 48.9. The number of hydrogen-bond acceptors (Lipinski definition) is 16. The number of sulfone groups is 1. The first-order valence-electron chi connectivity index (χ1n) is 29.5. The van der Waals surface area contributed by atoms with Gasteiger partial charge in [0.1, 0.15) is 12.6 Å². The number of morpholine rings is 1. The Labute approximate surface area is 509 Å². The maximum atomic E-state index is 14.0. The predicted molar refractivity (Wildman–Crippen MR) is 322 cm³/mol. The lowest BCUT2D eigenvalue weighted by Crippen LogP contribution is -2.54. The van der Waals surface area contributed by atoms with Crippen molar-refractivity contribution in [3.05, 3.63) is 123 Å². The van der Waals surface area contributed by atoms with Crippen LogP contribution in [-0.2, 0) is 45.0 Å². The lowest BCUT2D eigenvalue weighted by molar-refractivity contribution is -0.136. The molecule has 3 atom stereocenters. The molecule has 0 spiro atoms. The SMILES string of the molecule is CC[C@@H](CCN1CCOCC1)Nc1ccc(CNC(=O)c2ccc(N3CCN(CC4=C(c5ccc(Cl)cc5)CCC(C)(CNC(=O)COCCOCCNc5cccc6c5C(=O)N(C5CCC(=O)NC5=O)C6=O)C4)CC3)cc2)cc1S(=O)(=O)C(F)(F)F. The molecule has 0 saturated carbocycles. The van der Waals surface area contributed by atoms with Crippen LogP contribution in [0.5, 0.6) is 0 Å². The van der Waals surface area contributed by atoms with Crippen LogP contribution in [0.15, 0.2) is 95.4 Å². The Balaban J connectivity index is 0.713. The Morgan fingerprint density at radius 2 is 1.59 bits per heavy atom. The van der Waals surface area contributed by atoms with Gasteiger partial charge in [-0.3, -0.25) is 48.8 Å². The Bertz CT molecular complexity index is 3300. The van der Waals surface area contributed by atoms with E-state index < -0.39 is 55.8 Å². The van der Waals surface area contributed by atoms with Crippen molar-refractivity contribution in [1.82, 2.24) is 30.7 Å². The summed E-state index contributed by atoms with van der Waals surface area (Å²) in [7, 11) is -5.73. The van der Waals surface area contributed by atoms with E-state index >= 15 is 0 Å². The fourth-order valence-corrected chi connectivity index (χ4v) is 12.8. The number of alkyl halides is 3. The second-order valence-corrected chi connectivity index (χ2v) is 25.2. The summed E-state index contributed by atoms with van der Waals surface area (Å²) >= 11 is 6.31. The largest absolute Gasteiger partial charge is 0.501 e. The summed E-state index contributed by atoms with van der Waals surface area (Å²) in [6.45, 7) is 12.2. The number of amides is 6. The van der Waals surface area contributed by atoms with Crippen molar-refractivity contribution in [2.45, 2.75) is 87.8 Å². The smallest absolute Gasteiger partial charge is 0.382 e. The van der Waals surface area contributed by atoms with Crippen LogP contribution < -0.4 is 31.5 Å². The van der Waals surface area contributed by atoms with Crippen LogP contribution in [0.1, 0.15) is 101 Å². The average molecular weight is 1250 g/mol. The molecule has 1 aliphatic carbocycles. The van der Waals surface area contributed by atoms with Gasteiger partial charge in [-0.2, -0.15) is 13.2 Å². The van der Waals surface area contributed by atoms with Crippen LogP contribution in [0.2, 0.25) is 5.02 Å². The monoisotopic (exact) mass is 1250 g/mol. The van der Waals surface area contributed by atoms with Gasteiger partial charge in [0.05, 0.1) is 54.7 Å². The van der Waals surface area contributed by atoms with Gasteiger partial charge in [0.15, 0.2) is 0 Å². The van der Waals surface area contributed by atoms with E-state index in [9.17, 15) is 50.4 Å². The maximum absolute atomic E-state index is 14.0. The van der Waals surface area contributed by atoms with Gasteiger partial charge in [-0.15, -0.1) is 0 Å². The standard InChI is InChI=1S/C62H75ClF3N9O11S/c1-3-46(20-23-72-28-31-85-32-29-72)70-50-16-7-41(35-53(50)87(82,83)62(64,65)66)37-68-57(78)43-10-14-47(15-11-43)74-26-24-73(25-27-74)38-44-36-61(2,21-19-48(44)42-8-12-45(63)13-9-42)40-69-55(77)39-86-34-33-84-30-22-67-51-6-4-5-49-56(51)60(81)75(59(49)80)52-17-18-54(76)71-58(52)79/h4-16,35,46,52,67,70H,3,17-34,36-40H2,1-2H3,(H,68,78)(H,69,77)(H,71,76,79)/t46-,52?,61?/m0/s1. The lowest BCUT2D eigenvalue weighted by atomic mass is 9.71. The van der Waals surface area contributed by atoms with Gasteiger partial charge in [-0.1, -0.05) is 55.3 Å². The van der Waals surface area contributed by atoms with Crippen molar-refractivity contribution in [1.29, 1.82) is 0 Å². The van der Waals surface area contributed by atoms with Crippen LogP contribution in [0, 0.1) is 5.41 Å². The number of halogens is 4. The number of rotatable bonds is 26. The molecule has 25 heteroatoms. The van der Waals surface area contributed by atoms with Gasteiger partial charge in [0.25, 0.3) is 27.6 Å². The molecule has 4 aliphatic heterocycles. The summed E-state index contributed by atoms with van der Waals surface area (Å²) in [5.41, 5.74) is -0.00906. The van der Waals surface area contributed by atoms with Crippen LogP contribution in [-0.4, -0.2) is 181 Å². The zero-order chi connectivity index (χ0) is 61.9. The number of nitrogens with one attached hydrogen (secondary N) is 5. The number of piperazine rings is 1. The highest BCUT2D eigenvalue weighted by molar-refractivity contribution is 7.92. The summed E-state index contributed by atoms with van der Waals surface area (Å²) in [4.78, 5) is 84.1. The number of hydrogen-bond donors (Lipinski definition) is 5. The fraction of sp³-hybridized carbons (Fsp3) is 0.484. The molecule has 4 aromatic rings. The maximum Gasteiger partial charge on any atom is 0.501 e. The highest BCUT2D eigenvalue weighted by atomic mass is 35.5. The molecule has 4 aromatic carbocycles. The second kappa shape index (κ2) is 28.9. The molecular weight excluding hydrogens is 1170 g/mol. The molecule has 0 aromatic heterocycles. The first-order chi connectivity index (χ1) is 41.7. The van der Waals surface area contributed by atoms with Crippen LogP contribution >= 0.6 is 11.6 Å². The molecule has 4 heterocycles. The van der Waals surface area contributed by atoms with Gasteiger partial charge in [-0.25, -0.2) is 8.42 Å². The molecule has 6 amide bonds. The molecular formula is C62H75ClF3N9O11S. The van der Waals surface area contributed by atoms with Crippen LogP contribution in [0.3, 0.4) is 0 Å². The number of carbonyl (C=O) groups excluding carboxylic acids is 6. The number of benzene rings is 4. The summed E-state index contributed by atoms with van der Waals surface area (Å²) < 4.78 is 84.5. The van der Waals surface area contributed by atoms with Crippen molar-refractivity contribution < 1.29 is 64.6 Å². The van der Waals surface area contributed by atoms with Crippen molar-refractivity contribution in [3.63, 3.8) is 0 Å². The molecule has 9 rings (SSSR count). The first-order valence-corrected chi connectivity index (χ1v) is 31.4. The van der Waals surface area contributed by atoms with Gasteiger partial charge in [0.2, 0.25) is 17.7 Å².